The number of nitrogens with two attached hydrogens (primary N) is 1. The molecule has 0 aromatic heterocycles. The van der Waals surface area contributed by atoms with Crippen LogP contribution < -0.4 is 10.5 Å². The van der Waals surface area contributed by atoms with Crippen molar-refractivity contribution in [1.82, 2.24) is 0 Å². The number of hydrogen-bond donors (Lipinski definition) is 1. The summed E-state index contributed by atoms with van der Waals surface area (Å²) in [6.45, 7) is 4.84. The molecule has 3 nitrogen and oxygen atoms in total. The smallest absolute Gasteiger partial charge is 0.122 e. The van der Waals surface area contributed by atoms with Crippen LogP contribution in [0.3, 0.4) is 0 Å². The Morgan fingerprint density at radius 3 is 2.41 bits per heavy atom. The van der Waals surface area contributed by atoms with Crippen LogP contribution in [0.4, 0.5) is 0 Å². The van der Waals surface area contributed by atoms with E-state index >= 15 is 0 Å². The zero-order valence-electron chi connectivity index (χ0n) is 11.2. The first kappa shape index (κ1) is 14.0. The summed E-state index contributed by atoms with van der Waals surface area (Å²) in [4.78, 5) is 0. The Bertz CT molecular complexity index is 363. The summed E-state index contributed by atoms with van der Waals surface area (Å²) in [5, 5.41) is 0. The van der Waals surface area contributed by atoms with Gasteiger partial charge in [-0.25, -0.2) is 0 Å². The van der Waals surface area contributed by atoms with E-state index in [4.69, 9.17) is 15.2 Å². The fourth-order valence-electron chi connectivity index (χ4n) is 2.08. The zero-order valence-corrected chi connectivity index (χ0v) is 11.2. The molecule has 2 N–H and O–H groups in total. The second-order valence-corrected chi connectivity index (χ2v) is 4.33. The lowest BCUT2D eigenvalue weighted by atomic mass is 9.97. The van der Waals surface area contributed by atoms with Gasteiger partial charge in [-0.1, -0.05) is 0 Å². The van der Waals surface area contributed by atoms with Gasteiger partial charge in [-0.15, -0.1) is 0 Å². The van der Waals surface area contributed by atoms with Crippen molar-refractivity contribution in [3.05, 3.63) is 28.8 Å². The number of aryl methyl sites for hydroxylation is 2. The molecule has 0 heterocycles. The average Bonchev–Trinajstić information content (AvgIpc) is 2.33. The molecule has 0 bridgehead atoms. The molecule has 0 aliphatic rings. The maximum absolute atomic E-state index is 5.55. The molecule has 0 amide bonds. The second-order valence-electron chi connectivity index (χ2n) is 4.33. The molecule has 0 aliphatic heterocycles. The molecule has 0 radical (unpaired) electrons. The number of hydrogen-bond acceptors (Lipinski definition) is 3. The summed E-state index contributed by atoms with van der Waals surface area (Å²) in [6.07, 6.45) is 2.06. The molecule has 17 heavy (non-hydrogen) atoms. The van der Waals surface area contributed by atoms with Gasteiger partial charge < -0.3 is 15.2 Å². The first-order chi connectivity index (χ1) is 8.13. The molecular weight excluding hydrogens is 214 g/mol. The summed E-state index contributed by atoms with van der Waals surface area (Å²) in [5.74, 6) is 0.930. The van der Waals surface area contributed by atoms with Crippen LogP contribution in [0.2, 0.25) is 0 Å². The van der Waals surface area contributed by atoms with Gasteiger partial charge in [-0.05, 0) is 62.1 Å². The van der Waals surface area contributed by atoms with Gasteiger partial charge >= 0.3 is 0 Å². The predicted octanol–water partition coefficient (Wildman–Crippen LogP) is 2.74. The van der Waals surface area contributed by atoms with E-state index in [1.54, 1.807) is 14.2 Å². The number of rotatable bonds is 6. The molecule has 0 aliphatic carbocycles. The highest BCUT2D eigenvalue weighted by Gasteiger charge is 2.14. The van der Waals surface area contributed by atoms with Gasteiger partial charge in [-0.3, -0.25) is 0 Å². The van der Waals surface area contributed by atoms with E-state index in [0.717, 1.165) is 24.2 Å². The van der Waals surface area contributed by atoms with Crippen LogP contribution in [0.15, 0.2) is 12.1 Å². The van der Waals surface area contributed by atoms with Crippen molar-refractivity contribution in [3.63, 3.8) is 0 Å². The van der Waals surface area contributed by atoms with Crippen LogP contribution in [0.5, 0.6) is 5.75 Å². The summed E-state index contributed by atoms with van der Waals surface area (Å²) < 4.78 is 10.9. The summed E-state index contributed by atoms with van der Waals surface area (Å²) in [7, 11) is 3.45. The van der Waals surface area contributed by atoms with Crippen molar-refractivity contribution in [1.29, 1.82) is 0 Å². The van der Waals surface area contributed by atoms with Gasteiger partial charge in [0.25, 0.3) is 0 Å². The van der Waals surface area contributed by atoms with Crippen molar-refractivity contribution in [3.8, 4) is 5.75 Å². The fraction of sp³-hybridized carbons (Fsp3) is 0.571. The molecular formula is C14H23NO2. The molecule has 0 fully saturated rings. The zero-order chi connectivity index (χ0) is 12.8. The van der Waals surface area contributed by atoms with E-state index in [1.165, 1.54) is 11.1 Å². The van der Waals surface area contributed by atoms with Gasteiger partial charge in [0.2, 0.25) is 0 Å². The maximum atomic E-state index is 5.55. The SMILES string of the molecule is COc1cc(C)c(C(CCCN)OC)cc1C. The fourth-order valence-corrected chi connectivity index (χ4v) is 2.08. The molecule has 0 spiro atoms. The lowest BCUT2D eigenvalue weighted by Crippen LogP contribution is -2.08. The topological polar surface area (TPSA) is 44.5 Å². The lowest BCUT2D eigenvalue weighted by molar-refractivity contribution is 0.0937. The standard InChI is InChI=1S/C14H23NO2/c1-10-9-14(17-4)11(2)8-12(10)13(16-3)6-5-7-15/h8-9,13H,5-7,15H2,1-4H3. The quantitative estimate of drug-likeness (QED) is 0.827. The Morgan fingerprint density at radius 2 is 1.88 bits per heavy atom. The third-order valence-electron chi connectivity index (χ3n) is 3.09. The maximum Gasteiger partial charge on any atom is 0.122 e. The largest absolute Gasteiger partial charge is 0.496 e. The van der Waals surface area contributed by atoms with Crippen LogP contribution in [-0.4, -0.2) is 20.8 Å². The number of ether oxygens (including phenoxy) is 2. The van der Waals surface area contributed by atoms with Crippen LogP contribution in [0.1, 0.15) is 35.6 Å². The lowest BCUT2D eigenvalue weighted by Gasteiger charge is -2.19. The van der Waals surface area contributed by atoms with Crippen LogP contribution >= 0.6 is 0 Å². The molecule has 1 rings (SSSR count). The molecule has 1 unspecified atom stereocenters. The van der Waals surface area contributed by atoms with E-state index in [0.29, 0.717) is 6.54 Å². The Hall–Kier alpha value is -1.06. The summed E-state index contributed by atoms with van der Waals surface area (Å²) in [5.41, 5.74) is 9.13. The molecule has 0 saturated heterocycles. The molecule has 1 aromatic rings. The third-order valence-corrected chi connectivity index (χ3v) is 3.09. The Labute approximate surface area is 104 Å². The average molecular weight is 237 g/mol. The van der Waals surface area contributed by atoms with Crippen LogP contribution in [0.25, 0.3) is 0 Å². The molecule has 3 heteroatoms. The molecule has 0 saturated carbocycles. The van der Waals surface area contributed by atoms with Crippen molar-refractivity contribution in [2.75, 3.05) is 20.8 Å². The highest BCUT2D eigenvalue weighted by molar-refractivity contribution is 5.42. The highest BCUT2D eigenvalue weighted by Crippen LogP contribution is 2.30. The van der Waals surface area contributed by atoms with Crippen LogP contribution in [-0.2, 0) is 4.74 Å². The minimum atomic E-state index is 0.128. The Kier molecular flexibility index (Phi) is 5.45. The van der Waals surface area contributed by atoms with Crippen molar-refractivity contribution in [2.45, 2.75) is 32.8 Å². The number of benzene rings is 1. The van der Waals surface area contributed by atoms with Gasteiger partial charge in [0, 0.05) is 7.11 Å². The summed E-state index contributed by atoms with van der Waals surface area (Å²) in [6, 6.07) is 4.22. The van der Waals surface area contributed by atoms with Crippen LogP contribution in [0, 0.1) is 13.8 Å². The van der Waals surface area contributed by atoms with E-state index in [2.05, 4.69) is 26.0 Å². The van der Waals surface area contributed by atoms with E-state index in [-0.39, 0.29) is 6.10 Å². The monoisotopic (exact) mass is 237 g/mol. The van der Waals surface area contributed by atoms with E-state index in [9.17, 15) is 0 Å². The summed E-state index contributed by atoms with van der Waals surface area (Å²) >= 11 is 0. The van der Waals surface area contributed by atoms with Gasteiger partial charge in [-0.2, -0.15) is 0 Å². The first-order valence-corrected chi connectivity index (χ1v) is 6.02. The molecule has 96 valence electrons. The molecule has 1 aromatic carbocycles. The van der Waals surface area contributed by atoms with Crippen molar-refractivity contribution in [2.24, 2.45) is 5.73 Å². The Balaban J connectivity index is 2.99. The van der Waals surface area contributed by atoms with Crippen molar-refractivity contribution < 1.29 is 9.47 Å². The minimum absolute atomic E-state index is 0.128. The predicted molar refractivity (Wildman–Crippen MR) is 70.5 cm³/mol. The van der Waals surface area contributed by atoms with Gasteiger partial charge in [0.1, 0.15) is 5.75 Å². The van der Waals surface area contributed by atoms with E-state index < -0.39 is 0 Å². The van der Waals surface area contributed by atoms with Gasteiger partial charge in [0.05, 0.1) is 13.2 Å². The number of methoxy groups -OCH3 is 2. The first-order valence-electron chi connectivity index (χ1n) is 6.02. The second kappa shape index (κ2) is 6.62. The molecule has 1 atom stereocenters. The minimum Gasteiger partial charge on any atom is -0.496 e. The van der Waals surface area contributed by atoms with Gasteiger partial charge in [0.15, 0.2) is 0 Å². The normalized spacial score (nSPS) is 12.5. The Morgan fingerprint density at radius 1 is 1.18 bits per heavy atom. The van der Waals surface area contributed by atoms with E-state index in [1.807, 2.05) is 0 Å². The van der Waals surface area contributed by atoms with Crippen molar-refractivity contribution >= 4 is 0 Å². The highest BCUT2D eigenvalue weighted by atomic mass is 16.5. The third kappa shape index (κ3) is 3.45.